The van der Waals surface area contributed by atoms with Crippen molar-refractivity contribution in [2.75, 3.05) is 34.8 Å². The zero-order valence-corrected chi connectivity index (χ0v) is 14.6. The maximum absolute atomic E-state index is 4.44. The van der Waals surface area contributed by atoms with E-state index in [-0.39, 0.29) is 0 Å². The van der Waals surface area contributed by atoms with Gasteiger partial charge in [0.15, 0.2) is 0 Å². The van der Waals surface area contributed by atoms with Crippen LogP contribution in [-0.4, -0.2) is 44.1 Å². The van der Waals surface area contributed by atoms with Crippen LogP contribution in [0.1, 0.15) is 19.7 Å². The summed E-state index contributed by atoms with van der Waals surface area (Å²) in [7, 11) is 0. The Morgan fingerprint density at radius 3 is 2.83 bits per heavy atom. The minimum Gasteiger partial charge on any atom is -0.363 e. The van der Waals surface area contributed by atoms with E-state index in [1.807, 2.05) is 30.2 Å². The first kappa shape index (κ1) is 16.1. The molecule has 0 atom stereocenters. The van der Waals surface area contributed by atoms with E-state index in [4.69, 9.17) is 0 Å². The van der Waals surface area contributed by atoms with Gasteiger partial charge in [0, 0.05) is 49.6 Å². The highest BCUT2D eigenvalue weighted by Crippen LogP contribution is 2.19. The molecule has 1 fully saturated rings. The van der Waals surface area contributed by atoms with Crippen LogP contribution in [0.15, 0.2) is 24.8 Å². The number of rotatable bonds is 6. The number of nitrogens with zero attached hydrogens (tertiary/aromatic N) is 5. The van der Waals surface area contributed by atoms with Crippen LogP contribution in [0.5, 0.6) is 0 Å². The Morgan fingerprint density at radius 2 is 2.04 bits per heavy atom. The van der Waals surface area contributed by atoms with Crippen molar-refractivity contribution >= 4 is 23.4 Å². The van der Waals surface area contributed by atoms with E-state index >= 15 is 0 Å². The van der Waals surface area contributed by atoms with Crippen molar-refractivity contribution in [2.45, 2.75) is 26.9 Å². The molecule has 23 heavy (non-hydrogen) atoms. The minimum atomic E-state index is 0.602. The molecule has 1 saturated heterocycles. The van der Waals surface area contributed by atoms with Gasteiger partial charge in [-0.2, -0.15) is 11.8 Å². The summed E-state index contributed by atoms with van der Waals surface area (Å²) in [6.45, 7) is 8.19. The highest BCUT2D eigenvalue weighted by molar-refractivity contribution is 7.99. The molecule has 3 rings (SSSR count). The van der Waals surface area contributed by atoms with E-state index < -0.39 is 0 Å². The first-order chi connectivity index (χ1) is 11.2. The van der Waals surface area contributed by atoms with Gasteiger partial charge in [-0.1, -0.05) is 13.8 Å². The molecular weight excluding hydrogens is 308 g/mol. The second-order valence-electron chi connectivity index (χ2n) is 6.10. The summed E-state index contributed by atoms with van der Waals surface area (Å²) in [5.41, 5.74) is 0. The molecule has 1 aliphatic rings. The number of thioether (sulfide) groups is 1. The van der Waals surface area contributed by atoms with Gasteiger partial charge in [0.1, 0.15) is 23.8 Å². The van der Waals surface area contributed by atoms with Crippen molar-refractivity contribution in [2.24, 2.45) is 5.92 Å². The third-order valence-corrected chi connectivity index (χ3v) is 4.72. The van der Waals surface area contributed by atoms with Gasteiger partial charge in [0.2, 0.25) is 0 Å². The Morgan fingerprint density at radius 1 is 1.22 bits per heavy atom. The number of nitrogens with one attached hydrogen (secondary N) is 1. The first-order valence-corrected chi connectivity index (χ1v) is 9.26. The summed E-state index contributed by atoms with van der Waals surface area (Å²) in [5, 5.41) is 3.37. The fourth-order valence-corrected chi connectivity index (χ4v) is 3.55. The van der Waals surface area contributed by atoms with Crippen LogP contribution < -0.4 is 10.2 Å². The Labute approximate surface area is 141 Å². The van der Waals surface area contributed by atoms with Crippen molar-refractivity contribution in [3.8, 4) is 0 Å². The number of hydrogen-bond acceptors (Lipinski definition) is 6. The largest absolute Gasteiger partial charge is 0.363 e. The Hall–Kier alpha value is -1.76. The molecule has 0 bridgehead atoms. The number of imidazole rings is 1. The molecule has 2 aromatic heterocycles. The average Bonchev–Trinajstić information content (AvgIpc) is 3.00. The predicted molar refractivity (Wildman–Crippen MR) is 96.0 cm³/mol. The van der Waals surface area contributed by atoms with Gasteiger partial charge in [0.05, 0.1) is 6.54 Å². The van der Waals surface area contributed by atoms with Gasteiger partial charge in [-0.3, -0.25) is 0 Å². The van der Waals surface area contributed by atoms with Crippen molar-refractivity contribution < 1.29 is 0 Å². The van der Waals surface area contributed by atoms with E-state index in [1.54, 1.807) is 6.33 Å². The number of hydrogen-bond donors (Lipinski definition) is 1. The lowest BCUT2D eigenvalue weighted by Crippen LogP contribution is -2.33. The van der Waals surface area contributed by atoms with Gasteiger partial charge in [-0.05, 0) is 5.92 Å². The molecule has 0 aliphatic carbocycles. The monoisotopic (exact) mass is 332 g/mol. The van der Waals surface area contributed by atoms with Crippen molar-refractivity contribution in [1.29, 1.82) is 0 Å². The Bertz CT molecular complexity index is 621. The normalized spacial score (nSPS) is 15.2. The highest BCUT2D eigenvalue weighted by atomic mass is 32.2. The lowest BCUT2D eigenvalue weighted by molar-refractivity contribution is 0.509. The summed E-state index contributed by atoms with van der Waals surface area (Å²) < 4.78 is 2.20. The van der Waals surface area contributed by atoms with Crippen LogP contribution in [0.25, 0.3) is 0 Å². The Kier molecular flexibility index (Phi) is 5.38. The smallest absolute Gasteiger partial charge is 0.134 e. The molecule has 7 heteroatoms. The van der Waals surface area contributed by atoms with Gasteiger partial charge < -0.3 is 14.8 Å². The fraction of sp³-hybridized carbons (Fsp3) is 0.562. The standard InChI is InChI=1S/C16H24N6S/c1-13(2)11-22-4-3-17-16(22)10-18-14-9-15(20-12-19-14)21-5-7-23-8-6-21/h3-4,9,12-13H,5-8,10-11H2,1-2H3,(H,18,19,20). The number of anilines is 2. The molecule has 0 aromatic carbocycles. The third-order valence-electron chi connectivity index (χ3n) is 3.78. The van der Waals surface area contributed by atoms with E-state index in [2.05, 4.69) is 43.6 Å². The maximum atomic E-state index is 4.44. The van der Waals surface area contributed by atoms with Crippen LogP contribution in [0, 0.1) is 5.92 Å². The molecule has 0 radical (unpaired) electrons. The predicted octanol–water partition coefficient (Wildman–Crippen LogP) is 2.49. The topological polar surface area (TPSA) is 58.9 Å². The van der Waals surface area contributed by atoms with E-state index in [1.165, 1.54) is 11.5 Å². The van der Waals surface area contributed by atoms with E-state index in [9.17, 15) is 0 Å². The van der Waals surface area contributed by atoms with Crippen molar-refractivity contribution in [1.82, 2.24) is 19.5 Å². The van der Waals surface area contributed by atoms with Crippen molar-refractivity contribution in [3.63, 3.8) is 0 Å². The molecule has 0 spiro atoms. The van der Waals surface area contributed by atoms with Gasteiger partial charge in [0.25, 0.3) is 0 Å². The molecule has 3 heterocycles. The molecule has 1 N–H and O–H groups in total. The molecule has 2 aromatic rings. The second-order valence-corrected chi connectivity index (χ2v) is 7.33. The molecule has 1 aliphatic heterocycles. The molecule has 0 unspecified atom stereocenters. The van der Waals surface area contributed by atoms with Crippen LogP contribution in [0.4, 0.5) is 11.6 Å². The summed E-state index contributed by atoms with van der Waals surface area (Å²) >= 11 is 2.00. The van der Waals surface area contributed by atoms with Crippen LogP contribution in [-0.2, 0) is 13.1 Å². The highest BCUT2D eigenvalue weighted by Gasteiger charge is 2.13. The molecule has 124 valence electrons. The average molecular weight is 332 g/mol. The van der Waals surface area contributed by atoms with E-state index in [0.29, 0.717) is 12.5 Å². The van der Waals surface area contributed by atoms with Crippen molar-refractivity contribution in [3.05, 3.63) is 30.6 Å². The van der Waals surface area contributed by atoms with Crippen LogP contribution in [0.2, 0.25) is 0 Å². The Balaban J connectivity index is 1.63. The van der Waals surface area contributed by atoms with Crippen LogP contribution in [0.3, 0.4) is 0 Å². The van der Waals surface area contributed by atoms with Crippen LogP contribution >= 0.6 is 11.8 Å². The lowest BCUT2D eigenvalue weighted by Gasteiger charge is -2.27. The molecule has 0 saturated carbocycles. The zero-order valence-electron chi connectivity index (χ0n) is 13.8. The molecule has 0 amide bonds. The molecule has 6 nitrogen and oxygen atoms in total. The summed E-state index contributed by atoms with van der Waals surface area (Å²) in [5.74, 6) is 5.83. The SMILES string of the molecule is CC(C)Cn1ccnc1CNc1cc(N2CCSCC2)ncn1. The zero-order chi connectivity index (χ0) is 16.1. The van der Waals surface area contributed by atoms with Gasteiger partial charge in [-0.25, -0.2) is 15.0 Å². The van der Waals surface area contributed by atoms with E-state index in [0.717, 1.165) is 37.1 Å². The summed E-state index contributed by atoms with van der Waals surface area (Å²) in [4.78, 5) is 15.5. The fourth-order valence-electron chi connectivity index (χ4n) is 2.65. The number of aromatic nitrogens is 4. The van der Waals surface area contributed by atoms with Gasteiger partial charge >= 0.3 is 0 Å². The first-order valence-electron chi connectivity index (χ1n) is 8.11. The molecular formula is C16H24N6S. The maximum Gasteiger partial charge on any atom is 0.134 e. The summed E-state index contributed by atoms with van der Waals surface area (Å²) in [6.07, 6.45) is 5.53. The minimum absolute atomic E-state index is 0.602. The quantitative estimate of drug-likeness (QED) is 0.877. The second kappa shape index (κ2) is 7.68. The van der Waals surface area contributed by atoms with Gasteiger partial charge in [-0.15, -0.1) is 0 Å². The summed E-state index contributed by atoms with van der Waals surface area (Å²) in [6, 6.07) is 2.03. The lowest BCUT2D eigenvalue weighted by atomic mass is 10.2. The third kappa shape index (κ3) is 4.37.